The number of piperidine rings is 1. The summed E-state index contributed by atoms with van der Waals surface area (Å²) in [6.07, 6.45) is 5.11. The van der Waals surface area contributed by atoms with Crippen molar-refractivity contribution in [1.82, 2.24) is 9.80 Å². The van der Waals surface area contributed by atoms with E-state index in [9.17, 15) is 9.59 Å². The van der Waals surface area contributed by atoms with E-state index >= 15 is 0 Å². The van der Waals surface area contributed by atoms with E-state index in [0.29, 0.717) is 41.7 Å². The van der Waals surface area contributed by atoms with Crippen LogP contribution in [0, 0.1) is 19.8 Å². The smallest absolute Gasteiger partial charge is 0.257 e. The molecular weight excluding hydrogens is 320 g/mol. The Kier molecular flexibility index (Phi) is 3.90. The van der Waals surface area contributed by atoms with E-state index in [-0.39, 0.29) is 17.9 Å². The van der Waals surface area contributed by atoms with Crippen LogP contribution in [0.2, 0.25) is 0 Å². The van der Waals surface area contributed by atoms with Gasteiger partial charge in [-0.25, -0.2) is 0 Å². The molecule has 4 heterocycles. The van der Waals surface area contributed by atoms with Crippen LogP contribution in [0.3, 0.4) is 0 Å². The second kappa shape index (κ2) is 6.10. The Bertz CT molecular complexity index is 806. The molecule has 2 aromatic rings. The number of amides is 2. The number of likely N-dealkylation sites (tertiary alicyclic amines) is 2. The minimum Gasteiger partial charge on any atom is -0.469 e. The first-order valence-corrected chi connectivity index (χ1v) is 8.74. The number of nitrogens with zero attached hydrogens (tertiary/aromatic N) is 2. The highest BCUT2D eigenvalue weighted by molar-refractivity contribution is 5.96. The maximum absolute atomic E-state index is 12.9. The van der Waals surface area contributed by atoms with Crippen LogP contribution in [0.25, 0.3) is 0 Å². The Labute approximate surface area is 146 Å². The zero-order chi connectivity index (χ0) is 17.6. The molecule has 0 aliphatic carbocycles. The molecule has 2 amide bonds. The van der Waals surface area contributed by atoms with Crippen molar-refractivity contribution in [3.05, 3.63) is 47.3 Å². The molecule has 132 valence electrons. The summed E-state index contributed by atoms with van der Waals surface area (Å²) < 4.78 is 10.5. The summed E-state index contributed by atoms with van der Waals surface area (Å²) in [6, 6.07) is 3.53. The Balaban J connectivity index is 1.54. The molecule has 0 unspecified atom stereocenters. The standard InChI is InChI=1S/C19H22N2O4/c1-12-15(5-8-24-12)18(22)20-10-14-4-3-7-21(17(14)11-20)19(23)16-6-9-25-13(16)2/h5-6,8-9,14,17H,3-4,7,10-11H2,1-2H3/t14-,17+/m0/s1. The molecular formula is C19H22N2O4. The molecule has 2 saturated heterocycles. The predicted octanol–water partition coefficient (Wildman–Crippen LogP) is 2.87. The maximum atomic E-state index is 12.9. The first kappa shape index (κ1) is 16.0. The molecule has 0 spiro atoms. The second-order valence-corrected chi connectivity index (χ2v) is 6.96. The average Bonchev–Trinajstić information content (AvgIpc) is 3.32. The maximum Gasteiger partial charge on any atom is 0.257 e. The van der Waals surface area contributed by atoms with E-state index < -0.39 is 0 Å². The van der Waals surface area contributed by atoms with E-state index in [2.05, 4.69) is 0 Å². The number of carbonyl (C=O) groups excluding carboxylic acids is 2. The zero-order valence-corrected chi connectivity index (χ0v) is 14.5. The third-order valence-electron chi connectivity index (χ3n) is 5.51. The molecule has 4 rings (SSSR count). The summed E-state index contributed by atoms with van der Waals surface area (Å²) in [5.41, 5.74) is 1.23. The first-order chi connectivity index (χ1) is 12.1. The third-order valence-corrected chi connectivity index (χ3v) is 5.51. The van der Waals surface area contributed by atoms with Crippen LogP contribution in [0.5, 0.6) is 0 Å². The van der Waals surface area contributed by atoms with Gasteiger partial charge in [0.1, 0.15) is 11.5 Å². The molecule has 0 aromatic carbocycles. The summed E-state index contributed by atoms with van der Waals surface area (Å²) in [5.74, 6) is 1.62. The monoisotopic (exact) mass is 342 g/mol. The fourth-order valence-electron chi connectivity index (χ4n) is 4.14. The molecule has 2 atom stereocenters. The van der Waals surface area contributed by atoms with Crippen molar-refractivity contribution in [3.8, 4) is 0 Å². The summed E-state index contributed by atoms with van der Waals surface area (Å²) in [5, 5.41) is 0. The SMILES string of the molecule is Cc1occc1C(=O)N1C[C@@H]2CCCN(C(=O)c3ccoc3C)[C@@H]2C1. The number of furan rings is 2. The summed E-state index contributed by atoms with van der Waals surface area (Å²) in [6.45, 7) is 5.62. The first-order valence-electron chi connectivity index (χ1n) is 8.74. The highest BCUT2D eigenvalue weighted by Crippen LogP contribution is 2.33. The molecule has 2 aromatic heterocycles. The Hall–Kier alpha value is -2.50. The van der Waals surface area contributed by atoms with Crippen LogP contribution in [-0.2, 0) is 0 Å². The van der Waals surface area contributed by atoms with E-state index in [1.54, 1.807) is 38.5 Å². The molecule has 0 bridgehead atoms. The van der Waals surface area contributed by atoms with Gasteiger partial charge in [-0.05, 0) is 44.7 Å². The highest BCUT2D eigenvalue weighted by atomic mass is 16.3. The van der Waals surface area contributed by atoms with Gasteiger partial charge >= 0.3 is 0 Å². The summed E-state index contributed by atoms with van der Waals surface area (Å²) in [4.78, 5) is 29.5. The lowest BCUT2D eigenvalue weighted by atomic mass is 9.91. The molecule has 6 nitrogen and oxygen atoms in total. The Morgan fingerprint density at radius 3 is 2.24 bits per heavy atom. The van der Waals surface area contributed by atoms with Gasteiger partial charge in [-0.2, -0.15) is 0 Å². The minimum absolute atomic E-state index is 0.00691. The largest absolute Gasteiger partial charge is 0.469 e. The topological polar surface area (TPSA) is 66.9 Å². The Morgan fingerprint density at radius 1 is 1.00 bits per heavy atom. The van der Waals surface area contributed by atoms with Crippen LogP contribution in [0.4, 0.5) is 0 Å². The van der Waals surface area contributed by atoms with Crippen molar-refractivity contribution in [1.29, 1.82) is 0 Å². The van der Waals surface area contributed by atoms with Crippen LogP contribution in [-0.4, -0.2) is 47.3 Å². The van der Waals surface area contributed by atoms with E-state index in [0.717, 1.165) is 19.4 Å². The van der Waals surface area contributed by atoms with Crippen LogP contribution in [0.1, 0.15) is 45.1 Å². The van der Waals surface area contributed by atoms with Gasteiger partial charge in [0, 0.05) is 19.6 Å². The van der Waals surface area contributed by atoms with E-state index in [1.165, 1.54) is 0 Å². The number of hydrogen-bond acceptors (Lipinski definition) is 4. The van der Waals surface area contributed by atoms with Crippen LogP contribution >= 0.6 is 0 Å². The van der Waals surface area contributed by atoms with Gasteiger partial charge in [-0.15, -0.1) is 0 Å². The number of fused-ring (bicyclic) bond motifs is 1. The van der Waals surface area contributed by atoms with Crippen molar-refractivity contribution in [2.24, 2.45) is 5.92 Å². The van der Waals surface area contributed by atoms with Gasteiger partial charge in [-0.1, -0.05) is 0 Å². The molecule has 0 N–H and O–H groups in total. The van der Waals surface area contributed by atoms with Crippen LogP contribution < -0.4 is 0 Å². The van der Waals surface area contributed by atoms with Crippen molar-refractivity contribution in [3.63, 3.8) is 0 Å². The lowest BCUT2D eigenvalue weighted by molar-refractivity contribution is 0.0562. The number of hydrogen-bond donors (Lipinski definition) is 0. The third kappa shape index (κ3) is 2.65. The summed E-state index contributed by atoms with van der Waals surface area (Å²) >= 11 is 0. The summed E-state index contributed by atoms with van der Waals surface area (Å²) in [7, 11) is 0. The molecule has 25 heavy (non-hydrogen) atoms. The highest BCUT2D eigenvalue weighted by Gasteiger charge is 2.43. The average molecular weight is 342 g/mol. The Morgan fingerprint density at radius 2 is 1.64 bits per heavy atom. The van der Waals surface area contributed by atoms with Gasteiger partial charge in [-0.3, -0.25) is 9.59 Å². The number of rotatable bonds is 2. The normalized spacial score (nSPS) is 23.0. The van der Waals surface area contributed by atoms with Gasteiger partial charge in [0.25, 0.3) is 11.8 Å². The molecule has 6 heteroatoms. The predicted molar refractivity (Wildman–Crippen MR) is 90.3 cm³/mol. The molecule has 0 saturated carbocycles. The van der Waals surface area contributed by atoms with Crippen molar-refractivity contribution < 1.29 is 18.4 Å². The molecule has 2 aliphatic heterocycles. The molecule has 2 aliphatic rings. The lowest BCUT2D eigenvalue weighted by Crippen LogP contribution is -2.48. The molecule has 2 fully saturated rings. The fraction of sp³-hybridized carbons (Fsp3) is 0.474. The number of aryl methyl sites for hydroxylation is 2. The van der Waals surface area contributed by atoms with Crippen LogP contribution in [0.15, 0.2) is 33.5 Å². The minimum atomic E-state index is -0.00691. The second-order valence-electron chi connectivity index (χ2n) is 6.96. The van der Waals surface area contributed by atoms with Gasteiger partial charge < -0.3 is 18.6 Å². The molecule has 0 radical (unpaired) electrons. The zero-order valence-electron chi connectivity index (χ0n) is 14.5. The van der Waals surface area contributed by atoms with Gasteiger partial charge in [0.05, 0.1) is 29.7 Å². The van der Waals surface area contributed by atoms with Crippen molar-refractivity contribution in [2.45, 2.75) is 32.7 Å². The van der Waals surface area contributed by atoms with Crippen molar-refractivity contribution in [2.75, 3.05) is 19.6 Å². The fourth-order valence-corrected chi connectivity index (χ4v) is 4.14. The van der Waals surface area contributed by atoms with E-state index in [4.69, 9.17) is 8.83 Å². The van der Waals surface area contributed by atoms with Gasteiger partial charge in [0.15, 0.2) is 0 Å². The van der Waals surface area contributed by atoms with Gasteiger partial charge in [0.2, 0.25) is 0 Å². The van der Waals surface area contributed by atoms with E-state index in [1.807, 2.05) is 9.80 Å². The number of carbonyl (C=O) groups is 2. The van der Waals surface area contributed by atoms with Crippen molar-refractivity contribution >= 4 is 11.8 Å². The quantitative estimate of drug-likeness (QED) is 0.842. The lowest BCUT2D eigenvalue weighted by Gasteiger charge is -2.36.